The van der Waals surface area contributed by atoms with E-state index in [4.69, 9.17) is 0 Å². The normalized spacial score (nSPS) is 11.4. The maximum atomic E-state index is 10.7. The maximum absolute atomic E-state index is 10.7. The van der Waals surface area contributed by atoms with Crippen molar-refractivity contribution in [1.82, 2.24) is 0 Å². The fourth-order valence-electron chi connectivity index (χ4n) is 2.38. The zero-order valence-corrected chi connectivity index (χ0v) is 15.3. The first-order valence-electron chi connectivity index (χ1n) is 8.41. The van der Waals surface area contributed by atoms with Crippen LogP contribution in [0.3, 0.4) is 0 Å². The first-order valence-corrected chi connectivity index (χ1v) is 8.41. The highest BCUT2D eigenvalue weighted by Gasteiger charge is 2.09. The van der Waals surface area contributed by atoms with Crippen molar-refractivity contribution in [2.75, 3.05) is 0 Å². The quantitative estimate of drug-likeness (QED) is 0.302. The molecule has 0 radical (unpaired) electrons. The Hall–Kier alpha value is -3.94. The van der Waals surface area contributed by atoms with Crippen LogP contribution < -0.4 is 0 Å². The van der Waals surface area contributed by atoms with E-state index < -0.39 is 4.92 Å². The molecular formula is C20H17N5O3. The van der Waals surface area contributed by atoms with E-state index in [1.165, 1.54) is 30.3 Å². The molecule has 0 bridgehead atoms. The predicted octanol–water partition coefficient (Wildman–Crippen LogP) is 6.75. The van der Waals surface area contributed by atoms with Gasteiger partial charge in [-0.3, -0.25) is 10.1 Å². The highest BCUT2D eigenvalue weighted by molar-refractivity contribution is 5.66. The Bertz CT molecular complexity index is 1060. The van der Waals surface area contributed by atoms with Gasteiger partial charge >= 0.3 is 0 Å². The highest BCUT2D eigenvalue weighted by Crippen LogP contribution is 2.38. The SMILES string of the molecule is Cc1ccc(N=Nc2ccc(O)c(N=Nc3ccc([N+](=O)[O-])cc3)c2C)cc1. The molecule has 0 fully saturated rings. The molecule has 0 atom stereocenters. The number of nitro groups is 1. The molecule has 0 aromatic heterocycles. The van der Waals surface area contributed by atoms with Gasteiger partial charge in [0.05, 0.1) is 22.0 Å². The van der Waals surface area contributed by atoms with E-state index in [0.717, 1.165) is 5.56 Å². The lowest BCUT2D eigenvalue weighted by Crippen LogP contribution is -1.85. The molecule has 140 valence electrons. The average molecular weight is 375 g/mol. The molecule has 0 spiro atoms. The molecule has 0 aliphatic heterocycles. The first kappa shape index (κ1) is 18.8. The molecule has 28 heavy (non-hydrogen) atoms. The van der Waals surface area contributed by atoms with Gasteiger partial charge in [-0.05, 0) is 50.2 Å². The van der Waals surface area contributed by atoms with E-state index >= 15 is 0 Å². The van der Waals surface area contributed by atoms with Gasteiger partial charge in [0, 0.05) is 17.7 Å². The maximum Gasteiger partial charge on any atom is 0.269 e. The molecule has 0 aliphatic carbocycles. The summed E-state index contributed by atoms with van der Waals surface area (Å²) in [6, 6.07) is 16.4. The van der Waals surface area contributed by atoms with E-state index in [9.17, 15) is 15.2 Å². The second kappa shape index (κ2) is 8.17. The lowest BCUT2D eigenvalue weighted by Gasteiger charge is -2.05. The van der Waals surface area contributed by atoms with Crippen LogP contribution in [-0.4, -0.2) is 10.0 Å². The van der Waals surface area contributed by atoms with Crippen LogP contribution >= 0.6 is 0 Å². The van der Waals surface area contributed by atoms with Crippen LogP contribution in [0.2, 0.25) is 0 Å². The summed E-state index contributed by atoms with van der Waals surface area (Å²) in [5, 5.41) is 37.4. The lowest BCUT2D eigenvalue weighted by atomic mass is 10.1. The van der Waals surface area contributed by atoms with Crippen molar-refractivity contribution in [2.24, 2.45) is 20.5 Å². The minimum atomic E-state index is -0.487. The van der Waals surface area contributed by atoms with Gasteiger partial charge in [0.25, 0.3) is 5.69 Å². The second-order valence-corrected chi connectivity index (χ2v) is 6.09. The Labute approximate surface area is 161 Å². The Morgan fingerprint density at radius 3 is 1.96 bits per heavy atom. The van der Waals surface area contributed by atoms with Gasteiger partial charge in [0.1, 0.15) is 11.4 Å². The van der Waals surface area contributed by atoms with Crippen LogP contribution in [0.15, 0.2) is 81.1 Å². The summed E-state index contributed by atoms with van der Waals surface area (Å²) < 4.78 is 0. The molecule has 1 N–H and O–H groups in total. The molecule has 0 saturated heterocycles. The minimum absolute atomic E-state index is 0.0310. The standard InChI is InChI=1S/C20H17N5O3/c1-13-3-5-15(6-4-13)21-23-18-11-12-19(26)20(14(18)2)24-22-16-7-9-17(10-8-16)25(27)28/h3-12,26H,1-2H3. The molecule has 0 unspecified atom stereocenters. The average Bonchev–Trinajstić information content (AvgIpc) is 2.69. The number of azo groups is 2. The summed E-state index contributed by atoms with van der Waals surface area (Å²) in [5.41, 5.74) is 3.67. The largest absolute Gasteiger partial charge is 0.506 e. The molecule has 3 rings (SSSR count). The summed E-state index contributed by atoms with van der Waals surface area (Å²) in [5.74, 6) is -0.0440. The Morgan fingerprint density at radius 2 is 1.36 bits per heavy atom. The summed E-state index contributed by atoms with van der Waals surface area (Å²) >= 11 is 0. The van der Waals surface area contributed by atoms with Crippen molar-refractivity contribution in [1.29, 1.82) is 0 Å². The zero-order valence-electron chi connectivity index (χ0n) is 15.3. The van der Waals surface area contributed by atoms with E-state index in [-0.39, 0.29) is 17.1 Å². The summed E-state index contributed by atoms with van der Waals surface area (Å²) in [4.78, 5) is 10.2. The van der Waals surface area contributed by atoms with E-state index in [2.05, 4.69) is 20.5 Å². The number of hydrogen-bond acceptors (Lipinski definition) is 7. The molecule has 0 amide bonds. The van der Waals surface area contributed by atoms with Gasteiger partial charge in [-0.15, -0.1) is 5.11 Å². The van der Waals surface area contributed by atoms with Crippen molar-refractivity contribution < 1.29 is 10.0 Å². The molecule has 8 nitrogen and oxygen atoms in total. The van der Waals surface area contributed by atoms with Crippen LogP contribution in [0.25, 0.3) is 0 Å². The van der Waals surface area contributed by atoms with Gasteiger partial charge in [-0.2, -0.15) is 15.3 Å². The summed E-state index contributed by atoms with van der Waals surface area (Å²) in [6.07, 6.45) is 0. The van der Waals surface area contributed by atoms with Gasteiger partial charge in [0.2, 0.25) is 0 Å². The Kier molecular flexibility index (Phi) is 5.50. The molecule has 0 aliphatic rings. The summed E-state index contributed by atoms with van der Waals surface area (Å²) in [6.45, 7) is 3.75. The molecular weight excluding hydrogens is 358 g/mol. The number of aromatic hydroxyl groups is 1. The lowest BCUT2D eigenvalue weighted by molar-refractivity contribution is -0.384. The molecule has 8 heteroatoms. The van der Waals surface area contributed by atoms with Crippen LogP contribution in [0.5, 0.6) is 5.75 Å². The van der Waals surface area contributed by atoms with Crippen molar-refractivity contribution in [3.05, 3.63) is 81.9 Å². The van der Waals surface area contributed by atoms with Gasteiger partial charge in [0.15, 0.2) is 0 Å². The van der Waals surface area contributed by atoms with Crippen molar-refractivity contribution in [2.45, 2.75) is 13.8 Å². The van der Waals surface area contributed by atoms with E-state index in [1.54, 1.807) is 13.0 Å². The fourth-order valence-corrected chi connectivity index (χ4v) is 2.38. The molecule has 0 saturated carbocycles. The number of benzene rings is 3. The Morgan fingerprint density at radius 1 is 0.786 bits per heavy atom. The summed E-state index contributed by atoms with van der Waals surface area (Å²) in [7, 11) is 0. The predicted molar refractivity (Wildman–Crippen MR) is 105 cm³/mol. The smallest absolute Gasteiger partial charge is 0.269 e. The number of aryl methyl sites for hydroxylation is 1. The first-order chi connectivity index (χ1) is 13.4. The van der Waals surface area contributed by atoms with Crippen LogP contribution in [0.4, 0.5) is 28.4 Å². The fraction of sp³-hybridized carbons (Fsp3) is 0.100. The second-order valence-electron chi connectivity index (χ2n) is 6.09. The van der Waals surface area contributed by atoms with Gasteiger partial charge < -0.3 is 5.11 Å². The molecule has 0 heterocycles. The third-order valence-corrected chi connectivity index (χ3v) is 4.01. The number of rotatable bonds is 5. The number of nitrogens with zero attached hydrogens (tertiary/aromatic N) is 5. The molecule has 3 aromatic rings. The van der Waals surface area contributed by atoms with Crippen molar-refractivity contribution >= 4 is 28.4 Å². The zero-order chi connectivity index (χ0) is 20.1. The number of nitro benzene ring substituents is 1. The van der Waals surface area contributed by atoms with E-state index in [1.807, 2.05) is 31.2 Å². The number of hydrogen-bond donors (Lipinski definition) is 1. The third-order valence-electron chi connectivity index (χ3n) is 4.01. The van der Waals surface area contributed by atoms with Crippen LogP contribution in [0, 0.1) is 24.0 Å². The number of phenols is 1. The number of non-ortho nitro benzene ring substituents is 1. The van der Waals surface area contributed by atoms with Crippen molar-refractivity contribution in [3.8, 4) is 5.75 Å². The third kappa shape index (κ3) is 4.42. The topological polar surface area (TPSA) is 113 Å². The molecule has 3 aromatic carbocycles. The van der Waals surface area contributed by atoms with Gasteiger partial charge in [-0.25, -0.2) is 0 Å². The van der Waals surface area contributed by atoms with Crippen LogP contribution in [0.1, 0.15) is 11.1 Å². The minimum Gasteiger partial charge on any atom is -0.506 e. The highest BCUT2D eigenvalue weighted by atomic mass is 16.6. The number of phenolic OH excluding ortho intramolecular Hbond substituents is 1. The monoisotopic (exact) mass is 375 g/mol. The van der Waals surface area contributed by atoms with Gasteiger partial charge in [-0.1, -0.05) is 17.7 Å². The van der Waals surface area contributed by atoms with E-state index in [0.29, 0.717) is 22.6 Å². The van der Waals surface area contributed by atoms with Crippen LogP contribution in [-0.2, 0) is 0 Å². The Balaban J connectivity index is 1.86. The van der Waals surface area contributed by atoms with Crippen molar-refractivity contribution in [3.63, 3.8) is 0 Å².